The van der Waals surface area contributed by atoms with E-state index in [1.54, 1.807) is 32.0 Å². The van der Waals surface area contributed by atoms with Gasteiger partial charge in [0.2, 0.25) is 0 Å². The number of anilines is 1. The summed E-state index contributed by atoms with van der Waals surface area (Å²) in [6, 6.07) is 5.17. The van der Waals surface area contributed by atoms with Crippen LogP contribution in [0.5, 0.6) is 0 Å². The summed E-state index contributed by atoms with van der Waals surface area (Å²) >= 11 is 6.00. The third kappa shape index (κ3) is 3.78. The fraction of sp³-hybridized carbons (Fsp3) is 0.500. The molecule has 6 heteroatoms. The number of nitrogens with zero attached hydrogens (tertiary/aromatic N) is 1. The van der Waals surface area contributed by atoms with Crippen LogP contribution in [0, 0.1) is 12.8 Å². The van der Waals surface area contributed by atoms with Gasteiger partial charge in [-0.15, -0.1) is 0 Å². The molecule has 0 aliphatic carbocycles. The minimum absolute atomic E-state index is 0.197. The lowest BCUT2D eigenvalue weighted by Crippen LogP contribution is -2.45. The van der Waals surface area contributed by atoms with Crippen LogP contribution in [0.15, 0.2) is 18.2 Å². The first-order valence-corrected chi connectivity index (χ1v) is 7.81. The fourth-order valence-electron chi connectivity index (χ4n) is 2.65. The van der Waals surface area contributed by atoms with E-state index in [0.717, 1.165) is 5.56 Å². The highest BCUT2D eigenvalue weighted by molar-refractivity contribution is 6.40. The number of hydrogen-bond acceptors (Lipinski definition) is 3. The molecule has 120 valence electrons. The Morgan fingerprint density at radius 1 is 1.36 bits per heavy atom. The predicted molar refractivity (Wildman–Crippen MR) is 85.8 cm³/mol. The first-order chi connectivity index (χ1) is 10.4. The van der Waals surface area contributed by atoms with Crippen LogP contribution in [-0.2, 0) is 9.59 Å². The van der Waals surface area contributed by atoms with Crippen LogP contribution in [0.25, 0.3) is 0 Å². The maximum absolute atomic E-state index is 12.2. The van der Waals surface area contributed by atoms with Crippen LogP contribution in [0.2, 0.25) is 5.02 Å². The second-order valence-electron chi connectivity index (χ2n) is 5.74. The molecular formula is C16H21ClN2O3. The number of halogens is 1. The van der Waals surface area contributed by atoms with Gasteiger partial charge in [-0.2, -0.15) is 0 Å². The number of piperidine rings is 1. The molecule has 0 saturated carbocycles. The van der Waals surface area contributed by atoms with Gasteiger partial charge in [-0.25, -0.2) is 0 Å². The van der Waals surface area contributed by atoms with Gasteiger partial charge in [-0.05, 0) is 50.3 Å². The van der Waals surface area contributed by atoms with Crippen LogP contribution < -0.4 is 5.32 Å². The highest BCUT2D eigenvalue weighted by atomic mass is 35.5. The summed E-state index contributed by atoms with van der Waals surface area (Å²) in [5.74, 6) is -0.994. The lowest BCUT2D eigenvalue weighted by Gasteiger charge is -2.32. The molecule has 0 aromatic heterocycles. The Labute approximate surface area is 135 Å². The van der Waals surface area contributed by atoms with Gasteiger partial charge in [0.15, 0.2) is 0 Å². The average Bonchev–Trinajstić information content (AvgIpc) is 2.51. The van der Waals surface area contributed by atoms with Crippen molar-refractivity contribution < 1.29 is 14.7 Å². The summed E-state index contributed by atoms with van der Waals surface area (Å²) in [5.41, 5.74) is 1.28. The Kier molecular flexibility index (Phi) is 5.42. The number of carbonyl (C=O) groups excluding carboxylic acids is 2. The molecule has 2 N–H and O–H groups in total. The molecule has 5 nitrogen and oxygen atoms in total. The van der Waals surface area contributed by atoms with E-state index in [1.165, 1.54) is 4.90 Å². The van der Waals surface area contributed by atoms with Crippen molar-refractivity contribution in [1.29, 1.82) is 0 Å². The van der Waals surface area contributed by atoms with Gasteiger partial charge in [0.25, 0.3) is 0 Å². The summed E-state index contributed by atoms with van der Waals surface area (Å²) in [6.45, 7) is 4.54. The van der Waals surface area contributed by atoms with Gasteiger partial charge in [0.05, 0.1) is 6.10 Å². The third-order valence-electron chi connectivity index (χ3n) is 4.22. The lowest BCUT2D eigenvalue weighted by atomic mass is 9.92. The van der Waals surface area contributed by atoms with E-state index >= 15 is 0 Å². The third-order valence-corrected chi connectivity index (χ3v) is 4.63. The van der Waals surface area contributed by atoms with Crippen molar-refractivity contribution in [3.63, 3.8) is 0 Å². The SMILES string of the molecule is Cc1c(Cl)cccc1NC(=O)C(=O)N1CCC(C(C)O)CC1. The van der Waals surface area contributed by atoms with Crippen LogP contribution in [0.4, 0.5) is 5.69 Å². The van der Waals surface area contributed by atoms with Crippen molar-refractivity contribution in [1.82, 2.24) is 4.90 Å². The number of benzene rings is 1. The van der Waals surface area contributed by atoms with Crippen LogP contribution in [0.1, 0.15) is 25.3 Å². The molecule has 1 atom stereocenters. The lowest BCUT2D eigenvalue weighted by molar-refractivity contribution is -0.144. The van der Waals surface area contributed by atoms with Gasteiger partial charge in [0, 0.05) is 23.8 Å². The molecule has 1 heterocycles. The molecule has 1 fully saturated rings. The van der Waals surface area contributed by atoms with Gasteiger partial charge in [-0.1, -0.05) is 17.7 Å². The van der Waals surface area contributed by atoms with Crippen molar-refractivity contribution in [3.05, 3.63) is 28.8 Å². The molecule has 0 spiro atoms. The van der Waals surface area contributed by atoms with E-state index in [1.807, 2.05) is 0 Å². The minimum atomic E-state index is -0.652. The standard InChI is InChI=1S/C16H21ClN2O3/c1-10-13(17)4-3-5-14(10)18-15(21)16(22)19-8-6-12(7-9-19)11(2)20/h3-5,11-12,20H,6-9H2,1-2H3,(H,18,21). The molecule has 1 aromatic rings. The number of rotatable bonds is 2. The first kappa shape index (κ1) is 16.8. The average molecular weight is 325 g/mol. The Morgan fingerprint density at radius 2 is 2.00 bits per heavy atom. The van der Waals surface area contributed by atoms with Crippen molar-refractivity contribution >= 4 is 29.1 Å². The molecule has 2 rings (SSSR count). The van der Waals surface area contributed by atoms with Gasteiger partial charge in [-0.3, -0.25) is 9.59 Å². The van der Waals surface area contributed by atoms with Crippen molar-refractivity contribution in [2.24, 2.45) is 5.92 Å². The predicted octanol–water partition coefficient (Wildman–Crippen LogP) is 2.21. The molecule has 1 aromatic carbocycles. The quantitative estimate of drug-likeness (QED) is 0.819. The molecule has 1 aliphatic heterocycles. The Hall–Kier alpha value is -1.59. The van der Waals surface area contributed by atoms with E-state index in [4.69, 9.17) is 11.6 Å². The maximum Gasteiger partial charge on any atom is 0.313 e. The summed E-state index contributed by atoms with van der Waals surface area (Å²) < 4.78 is 0. The maximum atomic E-state index is 12.2. The molecular weight excluding hydrogens is 304 g/mol. The summed E-state index contributed by atoms with van der Waals surface area (Å²) in [7, 11) is 0. The number of carbonyl (C=O) groups is 2. The zero-order valence-electron chi connectivity index (χ0n) is 12.8. The number of nitrogens with one attached hydrogen (secondary N) is 1. The zero-order valence-corrected chi connectivity index (χ0v) is 13.6. The highest BCUT2D eigenvalue weighted by Crippen LogP contribution is 2.24. The number of hydrogen-bond donors (Lipinski definition) is 2. The molecule has 1 unspecified atom stereocenters. The van der Waals surface area contributed by atoms with Crippen LogP contribution in [0.3, 0.4) is 0 Å². The number of likely N-dealkylation sites (tertiary alicyclic amines) is 1. The molecule has 1 aliphatic rings. The second-order valence-corrected chi connectivity index (χ2v) is 6.14. The van der Waals surface area contributed by atoms with Crippen LogP contribution in [-0.4, -0.2) is 41.0 Å². The Morgan fingerprint density at radius 3 is 2.59 bits per heavy atom. The normalized spacial score (nSPS) is 17.2. The number of aliphatic hydroxyl groups excluding tert-OH is 1. The smallest absolute Gasteiger partial charge is 0.313 e. The molecule has 22 heavy (non-hydrogen) atoms. The first-order valence-electron chi connectivity index (χ1n) is 7.43. The van der Waals surface area contributed by atoms with E-state index in [-0.39, 0.29) is 12.0 Å². The van der Waals surface area contributed by atoms with Gasteiger partial charge >= 0.3 is 11.8 Å². The summed E-state index contributed by atoms with van der Waals surface area (Å²) in [4.78, 5) is 25.8. The monoisotopic (exact) mass is 324 g/mol. The van der Waals surface area contributed by atoms with Crippen LogP contribution >= 0.6 is 11.6 Å². The van der Waals surface area contributed by atoms with E-state index in [9.17, 15) is 14.7 Å². The van der Waals surface area contributed by atoms with Gasteiger partial charge in [0.1, 0.15) is 0 Å². The molecule has 2 amide bonds. The number of aliphatic hydroxyl groups is 1. The molecule has 0 radical (unpaired) electrons. The largest absolute Gasteiger partial charge is 0.393 e. The summed E-state index contributed by atoms with van der Waals surface area (Å²) in [5, 5.41) is 12.7. The van der Waals surface area contributed by atoms with E-state index in [2.05, 4.69) is 5.32 Å². The topological polar surface area (TPSA) is 69.6 Å². The van der Waals surface area contributed by atoms with Crippen molar-refractivity contribution in [3.8, 4) is 0 Å². The van der Waals surface area contributed by atoms with E-state index < -0.39 is 11.8 Å². The second kappa shape index (κ2) is 7.11. The van der Waals surface area contributed by atoms with E-state index in [0.29, 0.717) is 36.6 Å². The fourth-order valence-corrected chi connectivity index (χ4v) is 2.82. The highest BCUT2D eigenvalue weighted by Gasteiger charge is 2.28. The zero-order chi connectivity index (χ0) is 16.3. The van der Waals surface area contributed by atoms with Crippen molar-refractivity contribution in [2.45, 2.75) is 32.8 Å². The van der Waals surface area contributed by atoms with Crippen molar-refractivity contribution in [2.75, 3.05) is 18.4 Å². The number of amides is 2. The van der Waals surface area contributed by atoms with Gasteiger partial charge < -0.3 is 15.3 Å². The minimum Gasteiger partial charge on any atom is -0.393 e. The summed E-state index contributed by atoms with van der Waals surface area (Å²) in [6.07, 6.45) is 1.06. The Bertz CT molecular complexity index is 567. The Balaban J connectivity index is 1.96. The molecule has 1 saturated heterocycles. The molecule has 0 bridgehead atoms.